The van der Waals surface area contributed by atoms with E-state index in [1.54, 1.807) is 6.07 Å². The number of hydrogen-bond donors (Lipinski definition) is 2. The summed E-state index contributed by atoms with van der Waals surface area (Å²) >= 11 is 0. The van der Waals surface area contributed by atoms with Crippen molar-refractivity contribution in [2.75, 3.05) is 13.1 Å². The van der Waals surface area contributed by atoms with Gasteiger partial charge in [0.15, 0.2) is 5.82 Å². The van der Waals surface area contributed by atoms with Crippen molar-refractivity contribution in [1.82, 2.24) is 24.3 Å². The highest BCUT2D eigenvalue weighted by Gasteiger charge is 2.47. The maximum atomic E-state index is 15.6. The molecule has 3 N–H and O–H groups in total. The third-order valence-corrected chi connectivity index (χ3v) is 9.58. The first-order chi connectivity index (χ1) is 18.5. The fourth-order valence-electron chi connectivity index (χ4n) is 7.39. The summed E-state index contributed by atoms with van der Waals surface area (Å²) in [5.74, 6) is 1.23. The summed E-state index contributed by atoms with van der Waals surface area (Å²) < 4.78 is 19.9. The van der Waals surface area contributed by atoms with Crippen LogP contribution in [-0.2, 0) is 26.6 Å². The third kappa shape index (κ3) is 3.26. The molecular formula is C30H33FN6O. The minimum Gasteiger partial charge on any atom is -0.337 e. The number of imidazole rings is 1. The number of nitrogens with two attached hydrogens (primary N) is 1. The molecular weight excluding hydrogens is 479 g/mol. The number of nitrogens with one attached hydrogen (secondary N) is 1. The Bertz CT molecular complexity index is 1630. The smallest absolute Gasteiger partial charge is 0.254 e. The Labute approximate surface area is 220 Å². The second kappa shape index (κ2) is 8.13. The van der Waals surface area contributed by atoms with E-state index >= 15 is 4.39 Å². The lowest BCUT2D eigenvalue weighted by Crippen LogP contribution is -2.41. The predicted octanol–water partition coefficient (Wildman–Crippen LogP) is 3.95. The monoisotopic (exact) mass is 512 g/mol. The Hall–Kier alpha value is -3.23. The van der Waals surface area contributed by atoms with Gasteiger partial charge in [0.1, 0.15) is 11.3 Å². The molecule has 3 atom stereocenters. The van der Waals surface area contributed by atoms with Gasteiger partial charge in [0.05, 0.1) is 16.7 Å². The van der Waals surface area contributed by atoms with Crippen LogP contribution >= 0.6 is 0 Å². The van der Waals surface area contributed by atoms with Gasteiger partial charge in [-0.3, -0.25) is 4.79 Å². The largest absolute Gasteiger partial charge is 0.337 e. The summed E-state index contributed by atoms with van der Waals surface area (Å²) in [5, 5.41) is 4.70. The summed E-state index contributed by atoms with van der Waals surface area (Å²) in [6.07, 6.45) is 5.51. The van der Waals surface area contributed by atoms with E-state index in [9.17, 15) is 4.79 Å². The average molecular weight is 513 g/mol. The summed E-state index contributed by atoms with van der Waals surface area (Å²) in [6, 6.07) is 9.91. The van der Waals surface area contributed by atoms with Gasteiger partial charge < -0.3 is 25.1 Å². The number of benzene rings is 2. The van der Waals surface area contributed by atoms with Crippen molar-refractivity contribution in [3.05, 3.63) is 52.8 Å². The van der Waals surface area contributed by atoms with Crippen LogP contribution in [0.15, 0.2) is 30.3 Å². The Morgan fingerprint density at radius 2 is 2.03 bits per heavy atom. The highest BCUT2D eigenvalue weighted by Crippen LogP contribution is 2.40. The van der Waals surface area contributed by atoms with Crippen LogP contribution in [0.4, 0.5) is 4.39 Å². The molecule has 3 fully saturated rings. The molecule has 2 aliphatic heterocycles. The number of hydrogen-bond acceptors (Lipinski definition) is 4. The van der Waals surface area contributed by atoms with E-state index in [4.69, 9.17) is 10.7 Å². The molecule has 2 aliphatic carbocycles. The number of carbonyl (C=O) groups excluding carboxylic acids is 1. The zero-order valence-electron chi connectivity index (χ0n) is 21.7. The molecule has 7 nitrogen and oxygen atoms in total. The summed E-state index contributed by atoms with van der Waals surface area (Å²) in [5.41, 5.74) is 12.8. The molecule has 2 saturated carbocycles. The van der Waals surface area contributed by atoms with Crippen LogP contribution in [0.25, 0.3) is 33.5 Å². The number of aryl methyl sites for hydroxylation is 1. The lowest BCUT2D eigenvalue weighted by Gasteiger charge is -2.27. The molecule has 1 amide bonds. The second-order valence-electron chi connectivity index (χ2n) is 11.9. The number of rotatable bonds is 4. The van der Waals surface area contributed by atoms with Crippen molar-refractivity contribution in [2.45, 2.75) is 57.3 Å². The molecule has 2 bridgehead atoms. The van der Waals surface area contributed by atoms with Crippen molar-refractivity contribution in [3.63, 3.8) is 0 Å². The minimum absolute atomic E-state index is 0.0314. The van der Waals surface area contributed by atoms with Crippen LogP contribution in [0.2, 0.25) is 0 Å². The number of likely N-dealkylation sites (tertiary alicyclic amines) is 1. The Kier molecular flexibility index (Phi) is 4.86. The fourth-order valence-corrected chi connectivity index (χ4v) is 7.39. The van der Waals surface area contributed by atoms with Crippen molar-refractivity contribution in [1.29, 1.82) is 0 Å². The molecule has 8 heteroatoms. The van der Waals surface area contributed by atoms with Crippen LogP contribution in [0.1, 0.15) is 47.2 Å². The fraction of sp³-hybridized carbons (Fsp3) is 0.467. The van der Waals surface area contributed by atoms with Crippen LogP contribution in [-0.4, -0.2) is 50.1 Å². The molecule has 8 rings (SSSR count). The van der Waals surface area contributed by atoms with Crippen LogP contribution in [0.5, 0.6) is 0 Å². The molecule has 0 spiro atoms. The molecule has 4 aromatic rings. The molecule has 0 unspecified atom stereocenters. The SMILES string of the molecule is Cn1c(-c2cc3ccc4c(c3n2CC2CC2)CCNC4)nc2cc(C(=O)N3C[C@H]4CC[C@@H]3[C@@H]4N)cc(F)c21. The number of nitrogens with zero attached hydrogens (tertiary/aromatic N) is 4. The van der Waals surface area contributed by atoms with E-state index in [0.717, 1.165) is 50.4 Å². The molecule has 4 aliphatic rings. The number of carbonyl (C=O) groups is 1. The van der Waals surface area contributed by atoms with Crippen LogP contribution < -0.4 is 11.1 Å². The molecule has 38 heavy (non-hydrogen) atoms. The van der Waals surface area contributed by atoms with E-state index < -0.39 is 5.82 Å². The van der Waals surface area contributed by atoms with Gasteiger partial charge in [0, 0.05) is 49.7 Å². The maximum Gasteiger partial charge on any atom is 0.254 e. The lowest BCUT2D eigenvalue weighted by molar-refractivity contribution is 0.0700. The number of halogens is 1. The van der Waals surface area contributed by atoms with E-state index in [1.165, 1.54) is 40.9 Å². The van der Waals surface area contributed by atoms with E-state index in [1.807, 2.05) is 16.5 Å². The normalized spacial score (nSPS) is 24.6. The van der Waals surface area contributed by atoms with Gasteiger partial charge in [0.2, 0.25) is 0 Å². The number of piperidine rings is 1. The van der Waals surface area contributed by atoms with Gasteiger partial charge >= 0.3 is 0 Å². The maximum absolute atomic E-state index is 15.6. The van der Waals surface area contributed by atoms with Crippen LogP contribution in [0.3, 0.4) is 0 Å². The standard InChI is InChI=1S/C30H33FN6O/c1-35-28-22(31)10-20(30(38)37-15-19-6-7-24(37)26(19)32)11-23(28)34-29(35)25-12-17-4-5-18-13-33-9-8-21(18)27(17)36(25)14-16-2-3-16/h4-5,10-12,16,19,24,26,33H,2-3,6-9,13-15,32H2,1H3/t19-,24-,26-/m1/s1. The van der Waals surface area contributed by atoms with Crippen molar-refractivity contribution in [2.24, 2.45) is 24.6 Å². The molecule has 1 saturated heterocycles. The zero-order chi connectivity index (χ0) is 25.7. The highest BCUT2D eigenvalue weighted by atomic mass is 19.1. The molecule has 196 valence electrons. The first-order valence-electron chi connectivity index (χ1n) is 14.1. The molecule has 2 aromatic heterocycles. The van der Waals surface area contributed by atoms with Gasteiger partial charge in [-0.2, -0.15) is 0 Å². The molecule has 4 heterocycles. The van der Waals surface area contributed by atoms with Gasteiger partial charge in [-0.05, 0) is 79.8 Å². The topological polar surface area (TPSA) is 81.1 Å². The van der Waals surface area contributed by atoms with Crippen molar-refractivity contribution < 1.29 is 9.18 Å². The number of amides is 1. The third-order valence-electron chi connectivity index (χ3n) is 9.58. The van der Waals surface area contributed by atoms with E-state index in [-0.39, 0.29) is 18.0 Å². The quantitative estimate of drug-likeness (QED) is 0.434. The van der Waals surface area contributed by atoms with Crippen molar-refractivity contribution >= 4 is 27.8 Å². The Balaban J connectivity index is 1.26. The first-order valence-corrected chi connectivity index (χ1v) is 14.1. The predicted molar refractivity (Wildman–Crippen MR) is 145 cm³/mol. The van der Waals surface area contributed by atoms with Crippen LogP contribution in [0, 0.1) is 17.7 Å². The van der Waals surface area contributed by atoms with E-state index in [2.05, 4.69) is 28.1 Å². The van der Waals surface area contributed by atoms with Gasteiger partial charge in [-0.1, -0.05) is 12.1 Å². The minimum atomic E-state index is -0.408. The zero-order valence-corrected chi connectivity index (χ0v) is 21.7. The molecule has 2 aromatic carbocycles. The van der Waals surface area contributed by atoms with Gasteiger partial charge in [-0.25, -0.2) is 9.37 Å². The Morgan fingerprint density at radius 3 is 2.79 bits per heavy atom. The number of aromatic nitrogens is 3. The Morgan fingerprint density at radius 1 is 1.16 bits per heavy atom. The highest BCUT2D eigenvalue weighted by molar-refractivity contribution is 5.99. The summed E-state index contributed by atoms with van der Waals surface area (Å²) in [7, 11) is 1.88. The summed E-state index contributed by atoms with van der Waals surface area (Å²) in [4.78, 5) is 20.3. The van der Waals surface area contributed by atoms with Gasteiger partial charge in [-0.15, -0.1) is 0 Å². The van der Waals surface area contributed by atoms with Gasteiger partial charge in [0.25, 0.3) is 5.91 Å². The first kappa shape index (κ1) is 22.7. The number of fused-ring (bicyclic) bond motifs is 6. The average Bonchev–Trinajstić information content (AvgIpc) is 3.30. The summed E-state index contributed by atoms with van der Waals surface area (Å²) in [6.45, 7) is 3.50. The lowest BCUT2D eigenvalue weighted by atomic mass is 9.98. The second-order valence-corrected chi connectivity index (χ2v) is 11.9. The van der Waals surface area contributed by atoms with E-state index in [0.29, 0.717) is 35.0 Å². The molecule has 0 radical (unpaired) electrons. The van der Waals surface area contributed by atoms with Crippen molar-refractivity contribution in [3.8, 4) is 11.5 Å².